The van der Waals surface area contributed by atoms with Crippen molar-refractivity contribution in [3.63, 3.8) is 0 Å². The molecule has 2 aromatic rings. The number of hydrogen-bond donors (Lipinski definition) is 1. The zero-order chi connectivity index (χ0) is 13.3. The van der Waals surface area contributed by atoms with Crippen LogP contribution in [-0.2, 0) is 11.2 Å². The molecule has 6 heteroatoms. The summed E-state index contributed by atoms with van der Waals surface area (Å²) in [6, 6.07) is 4.95. The number of carboxylic acids is 1. The van der Waals surface area contributed by atoms with E-state index in [9.17, 15) is 9.18 Å². The topological polar surface area (TPSA) is 68.0 Å². The van der Waals surface area contributed by atoms with Crippen LogP contribution in [-0.4, -0.2) is 26.1 Å². The second-order valence-electron chi connectivity index (χ2n) is 4.01. The molecule has 18 heavy (non-hydrogen) atoms. The molecule has 0 atom stereocenters. The number of rotatable bonds is 3. The van der Waals surface area contributed by atoms with E-state index in [4.69, 9.17) is 5.11 Å². The summed E-state index contributed by atoms with van der Waals surface area (Å²) < 4.78 is 15.3. The first-order valence-electron chi connectivity index (χ1n) is 5.39. The van der Waals surface area contributed by atoms with Crippen molar-refractivity contribution >= 4 is 5.97 Å². The minimum absolute atomic E-state index is 0.223. The monoisotopic (exact) mass is 249 g/mol. The Balaban J connectivity index is 2.49. The normalized spacial score (nSPS) is 10.6. The molecule has 1 aromatic heterocycles. The van der Waals surface area contributed by atoms with Crippen LogP contribution in [0.15, 0.2) is 18.2 Å². The van der Waals surface area contributed by atoms with Crippen molar-refractivity contribution in [2.75, 3.05) is 0 Å². The van der Waals surface area contributed by atoms with Crippen molar-refractivity contribution in [1.82, 2.24) is 15.0 Å². The Bertz CT molecular complexity index is 607. The van der Waals surface area contributed by atoms with E-state index in [2.05, 4.69) is 10.3 Å². The first kappa shape index (κ1) is 12.2. The van der Waals surface area contributed by atoms with Gasteiger partial charge in [0.2, 0.25) is 0 Å². The molecule has 5 nitrogen and oxygen atoms in total. The van der Waals surface area contributed by atoms with E-state index in [-0.39, 0.29) is 17.9 Å². The number of nitrogens with zero attached hydrogens (tertiary/aromatic N) is 3. The maximum atomic E-state index is 13.9. The van der Waals surface area contributed by atoms with Crippen LogP contribution in [0, 0.1) is 19.7 Å². The highest BCUT2D eigenvalue weighted by molar-refractivity contribution is 5.69. The molecule has 0 aliphatic rings. The lowest BCUT2D eigenvalue weighted by atomic mass is 10.2. The first-order chi connectivity index (χ1) is 8.50. The molecule has 0 spiro atoms. The predicted molar refractivity (Wildman–Crippen MR) is 62.1 cm³/mol. The van der Waals surface area contributed by atoms with Gasteiger partial charge in [0.05, 0.1) is 17.8 Å². The quantitative estimate of drug-likeness (QED) is 0.898. The summed E-state index contributed by atoms with van der Waals surface area (Å²) in [4.78, 5) is 10.6. The van der Waals surface area contributed by atoms with Crippen molar-refractivity contribution in [2.45, 2.75) is 20.3 Å². The SMILES string of the molecule is Cc1cccc(-n2nnc(CC(=O)O)c2C)c1F. The fourth-order valence-corrected chi connectivity index (χ4v) is 1.69. The number of hydrogen-bond acceptors (Lipinski definition) is 3. The summed E-state index contributed by atoms with van der Waals surface area (Å²) in [5.41, 5.74) is 1.64. The van der Waals surface area contributed by atoms with Gasteiger partial charge in [-0.15, -0.1) is 5.10 Å². The molecule has 0 amide bonds. The highest BCUT2D eigenvalue weighted by atomic mass is 19.1. The maximum absolute atomic E-state index is 13.9. The van der Waals surface area contributed by atoms with Crippen LogP contribution >= 0.6 is 0 Å². The van der Waals surface area contributed by atoms with Crippen LogP contribution in [0.25, 0.3) is 5.69 Å². The van der Waals surface area contributed by atoms with Gasteiger partial charge in [-0.3, -0.25) is 4.79 Å². The highest BCUT2D eigenvalue weighted by Crippen LogP contribution is 2.18. The Hall–Kier alpha value is -2.24. The highest BCUT2D eigenvalue weighted by Gasteiger charge is 2.15. The third-order valence-electron chi connectivity index (χ3n) is 2.71. The second kappa shape index (κ2) is 4.56. The van der Waals surface area contributed by atoms with Crippen LogP contribution in [0.5, 0.6) is 0 Å². The van der Waals surface area contributed by atoms with Gasteiger partial charge in [-0.2, -0.15) is 0 Å². The van der Waals surface area contributed by atoms with Crippen molar-refractivity contribution in [2.24, 2.45) is 0 Å². The fourth-order valence-electron chi connectivity index (χ4n) is 1.69. The van der Waals surface area contributed by atoms with Crippen molar-refractivity contribution in [1.29, 1.82) is 0 Å². The van der Waals surface area contributed by atoms with Crippen molar-refractivity contribution in [3.8, 4) is 5.69 Å². The number of carboxylic acid groups (broad SMARTS) is 1. The lowest BCUT2D eigenvalue weighted by molar-refractivity contribution is -0.136. The summed E-state index contributed by atoms with van der Waals surface area (Å²) >= 11 is 0. The van der Waals surface area contributed by atoms with E-state index in [1.807, 2.05) is 0 Å². The Labute approximate surface area is 103 Å². The molecule has 1 heterocycles. The Kier molecular flexibility index (Phi) is 3.10. The van der Waals surface area contributed by atoms with Crippen LogP contribution in [0.2, 0.25) is 0 Å². The van der Waals surface area contributed by atoms with Gasteiger partial charge in [0.25, 0.3) is 0 Å². The third kappa shape index (κ3) is 2.09. The molecular formula is C12H12FN3O2. The van der Waals surface area contributed by atoms with Crippen LogP contribution < -0.4 is 0 Å². The summed E-state index contributed by atoms with van der Waals surface area (Å²) in [5, 5.41) is 16.3. The van der Waals surface area contributed by atoms with Crippen LogP contribution in [0.4, 0.5) is 4.39 Å². The van der Waals surface area contributed by atoms with Gasteiger partial charge in [0.1, 0.15) is 5.69 Å². The van der Waals surface area contributed by atoms with E-state index in [0.717, 1.165) is 0 Å². The van der Waals surface area contributed by atoms with Gasteiger partial charge in [0.15, 0.2) is 5.82 Å². The summed E-state index contributed by atoms with van der Waals surface area (Å²) in [6.07, 6.45) is -0.223. The molecule has 1 aromatic carbocycles. The average molecular weight is 249 g/mol. The molecular weight excluding hydrogens is 237 g/mol. The zero-order valence-corrected chi connectivity index (χ0v) is 10.0. The molecule has 0 unspecified atom stereocenters. The predicted octanol–water partition coefficient (Wildman–Crippen LogP) is 1.65. The van der Waals surface area contributed by atoms with Gasteiger partial charge in [-0.1, -0.05) is 17.3 Å². The molecule has 0 bridgehead atoms. The molecule has 0 fully saturated rings. The van der Waals surface area contributed by atoms with Gasteiger partial charge >= 0.3 is 5.97 Å². The number of aryl methyl sites for hydroxylation is 1. The van der Waals surface area contributed by atoms with Crippen LogP contribution in [0.3, 0.4) is 0 Å². The lowest BCUT2D eigenvalue weighted by Crippen LogP contribution is -2.05. The summed E-state index contributed by atoms with van der Waals surface area (Å²) in [6.45, 7) is 3.32. The first-order valence-corrected chi connectivity index (χ1v) is 5.39. The van der Waals surface area contributed by atoms with E-state index in [0.29, 0.717) is 17.0 Å². The van der Waals surface area contributed by atoms with Crippen LogP contribution in [0.1, 0.15) is 17.0 Å². The van der Waals surface area contributed by atoms with E-state index < -0.39 is 5.97 Å². The Morgan fingerprint density at radius 2 is 2.17 bits per heavy atom. The molecule has 0 aliphatic carbocycles. The van der Waals surface area contributed by atoms with E-state index in [1.54, 1.807) is 32.0 Å². The van der Waals surface area contributed by atoms with E-state index in [1.165, 1.54) is 4.68 Å². The molecule has 1 N–H and O–H groups in total. The number of carbonyl (C=O) groups is 1. The second-order valence-corrected chi connectivity index (χ2v) is 4.01. The number of aliphatic carboxylic acids is 1. The largest absolute Gasteiger partial charge is 0.481 e. The van der Waals surface area contributed by atoms with Gasteiger partial charge in [0, 0.05) is 0 Å². The number of benzene rings is 1. The van der Waals surface area contributed by atoms with E-state index >= 15 is 0 Å². The lowest BCUT2D eigenvalue weighted by Gasteiger charge is -2.06. The third-order valence-corrected chi connectivity index (χ3v) is 2.71. The molecule has 0 aliphatic heterocycles. The Morgan fingerprint density at radius 3 is 2.83 bits per heavy atom. The summed E-state index contributed by atoms with van der Waals surface area (Å²) in [7, 11) is 0. The number of aromatic nitrogens is 3. The van der Waals surface area contributed by atoms with Gasteiger partial charge < -0.3 is 5.11 Å². The summed E-state index contributed by atoms with van der Waals surface area (Å²) in [5.74, 6) is -1.37. The fraction of sp³-hybridized carbons (Fsp3) is 0.250. The smallest absolute Gasteiger partial charge is 0.309 e. The van der Waals surface area contributed by atoms with Crippen molar-refractivity contribution < 1.29 is 14.3 Å². The Morgan fingerprint density at radius 1 is 1.44 bits per heavy atom. The molecule has 0 saturated carbocycles. The van der Waals surface area contributed by atoms with Crippen molar-refractivity contribution in [3.05, 3.63) is 41.0 Å². The zero-order valence-electron chi connectivity index (χ0n) is 10.0. The molecule has 2 rings (SSSR count). The average Bonchev–Trinajstić information content (AvgIpc) is 2.64. The molecule has 94 valence electrons. The van der Waals surface area contributed by atoms with Gasteiger partial charge in [-0.05, 0) is 25.5 Å². The minimum atomic E-state index is -0.991. The molecule has 0 saturated heterocycles. The molecule has 0 radical (unpaired) electrons. The maximum Gasteiger partial charge on any atom is 0.309 e. The van der Waals surface area contributed by atoms with Gasteiger partial charge in [-0.25, -0.2) is 9.07 Å². The standard InChI is InChI=1S/C12H12FN3O2/c1-7-4-3-5-10(12(7)13)16-8(2)9(14-15-16)6-11(17)18/h3-5H,6H2,1-2H3,(H,17,18). The minimum Gasteiger partial charge on any atom is -0.481 e. The number of halogens is 1.